The molecule has 0 aliphatic heterocycles. The molecule has 0 spiro atoms. The molecule has 0 aliphatic rings. The van der Waals surface area contributed by atoms with E-state index in [2.05, 4.69) is 9.72 Å². The van der Waals surface area contributed by atoms with Gasteiger partial charge in [-0.2, -0.15) is 4.98 Å². The van der Waals surface area contributed by atoms with E-state index in [1.807, 2.05) is 0 Å². The number of aromatic nitrogens is 1. The van der Waals surface area contributed by atoms with Crippen molar-refractivity contribution in [3.05, 3.63) is 17.7 Å². The molecule has 0 fully saturated rings. The molecule has 0 atom stereocenters. The molecule has 1 heterocycles. The number of esters is 1. The first-order chi connectivity index (χ1) is 7.40. The molecule has 0 saturated heterocycles. The number of nitrogens with two attached hydrogens (primary N) is 1. The third kappa shape index (κ3) is 2.47. The minimum atomic E-state index is -4.11. The Morgan fingerprint density at radius 2 is 2.00 bits per heavy atom. The summed E-state index contributed by atoms with van der Waals surface area (Å²) in [5.74, 6) is -0.796. The molecule has 2 N–H and O–H groups in total. The van der Waals surface area contributed by atoms with Crippen molar-refractivity contribution in [1.82, 2.24) is 4.98 Å². The van der Waals surface area contributed by atoms with E-state index in [0.717, 1.165) is 7.11 Å². The normalized spacial score (nSPS) is 10.9. The van der Waals surface area contributed by atoms with Crippen LogP contribution in [0.2, 0.25) is 0 Å². The quantitative estimate of drug-likeness (QED) is 0.722. The topological polar surface area (TPSA) is 109 Å². The summed E-state index contributed by atoms with van der Waals surface area (Å²) in [5, 5.41) is 4.35. The van der Waals surface area contributed by atoms with Gasteiger partial charge in [-0.3, -0.25) is 0 Å². The maximum absolute atomic E-state index is 11.3. The zero-order valence-corrected chi connectivity index (χ0v) is 9.45. The average Bonchev–Trinajstić information content (AvgIpc) is 2.26. The summed E-state index contributed by atoms with van der Waals surface area (Å²) >= 11 is 0. The van der Waals surface area contributed by atoms with Gasteiger partial charge in [0.15, 0.2) is 5.03 Å². The van der Waals surface area contributed by atoms with Crippen molar-refractivity contribution in [2.45, 2.75) is 5.03 Å². The van der Waals surface area contributed by atoms with Crippen LogP contribution in [0.15, 0.2) is 17.2 Å². The lowest BCUT2D eigenvalue weighted by Gasteiger charge is -2.06. The van der Waals surface area contributed by atoms with Crippen LogP contribution in [0, 0.1) is 0 Å². The van der Waals surface area contributed by atoms with Gasteiger partial charge in [-0.1, -0.05) is 0 Å². The third-order valence-corrected chi connectivity index (χ3v) is 2.57. The number of hydrogen-bond donors (Lipinski definition) is 1. The van der Waals surface area contributed by atoms with E-state index in [4.69, 9.17) is 9.88 Å². The Labute approximate surface area is 92.2 Å². The fourth-order valence-electron chi connectivity index (χ4n) is 1.02. The molecule has 0 unspecified atom stereocenters. The molecule has 0 saturated carbocycles. The number of carbonyl (C=O) groups excluding carboxylic acids is 1. The van der Waals surface area contributed by atoms with Crippen LogP contribution < -0.4 is 9.88 Å². The maximum atomic E-state index is 11.3. The summed E-state index contributed by atoms with van der Waals surface area (Å²) < 4.78 is 31.5. The smallest absolute Gasteiger partial charge is 0.340 e. The van der Waals surface area contributed by atoms with Crippen molar-refractivity contribution in [3.8, 4) is 5.88 Å². The Hall–Kier alpha value is -1.67. The fourth-order valence-corrected chi connectivity index (χ4v) is 1.69. The van der Waals surface area contributed by atoms with Gasteiger partial charge in [0, 0.05) is 6.07 Å². The van der Waals surface area contributed by atoms with Gasteiger partial charge in [-0.15, -0.1) is 0 Å². The molecule has 7 nitrogen and oxygen atoms in total. The van der Waals surface area contributed by atoms with Gasteiger partial charge in [0.2, 0.25) is 5.88 Å². The van der Waals surface area contributed by atoms with Crippen molar-refractivity contribution in [3.63, 3.8) is 0 Å². The van der Waals surface area contributed by atoms with Gasteiger partial charge in [-0.25, -0.2) is 18.4 Å². The van der Waals surface area contributed by atoms with Gasteiger partial charge in [0.1, 0.15) is 0 Å². The summed E-state index contributed by atoms with van der Waals surface area (Å²) in [4.78, 5) is 14.9. The molecule has 8 heteroatoms. The van der Waals surface area contributed by atoms with Gasteiger partial charge in [0.05, 0.1) is 19.8 Å². The number of primary sulfonamides is 1. The predicted molar refractivity (Wildman–Crippen MR) is 53.5 cm³/mol. The Morgan fingerprint density at radius 1 is 1.38 bits per heavy atom. The molecule has 1 aromatic heterocycles. The molecule has 0 amide bonds. The lowest BCUT2D eigenvalue weighted by Crippen LogP contribution is -2.19. The average molecular weight is 246 g/mol. The van der Waals surface area contributed by atoms with E-state index in [9.17, 15) is 13.2 Å². The van der Waals surface area contributed by atoms with Crippen LogP contribution in [0.5, 0.6) is 5.88 Å². The second kappa shape index (κ2) is 4.45. The monoisotopic (exact) mass is 246 g/mol. The summed E-state index contributed by atoms with van der Waals surface area (Å²) in [6.07, 6.45) is 0. The van der Waals surface area contributed by atoms with Gasteiger partial charge >= 0.3 is 5.97 Å². The first-order valence-electron chi connectivity index (χ1n) is 4.06. The van der Waals surface area contributed by atoms with Crippen LogP contribution in [0.25, 0.3) is 0 Å². The zero-order chi connectivity index (χ0) is 12.3. The van der Waals surface area contributed by atoms with Gasteiger partial charge < -0.3 is 9.47 Å². The molecule has 0 aliphatic carbocycles. The van der Waals surface area contributed by atoms with Crippen molar-refractivity contribution in [2.24, 2.45) is 5.14 Å². The molecule has 16 heavy (non-hydrogen) atoms. The van der Waals surface area contributed by atoms with Crippen LogP contribution in [-0.2, 0) is 14.8 Å². The van der Waals surface area contributed by atoms with Crippen LogP contribution in [0.1, 0.15) is 10.4 Å². The molecular weight excluding hydrogens is 236 g/mol. The van der Waals surface area contributed by atoms with E-state index in [-0.39, 0.29) is 11.4 Å². The van der Waals surface area contributed by atoms with Crippen LogP contribution in [0.3, 0.4) is 0 Å². The molecule has 88 valence electrons. The van der Waals surface area contributed by atoms with E-state index in [1.165, 1.54) is 19.2 Å². The van der Waals surface area contributed by atoms with Crippen LogP contribution in [-0.4, -0.2) is 33.6 Å². The first kappa shape index (κ1) is 12.4. The van der Waals surface area contributed by atoms with Gasteiger partial charge in [-0.05, 0) is 6.07 Å². The predicted octanol–water partition coefficient (Wildman–Crippen LogP) is -0.476. The summed E-state index contributed by atoms with van der Waals surface area (Å²) in [7, 11) is -1.68. The largest absolute Gasteiger partial charge is 0.481 e. The first-order valence-corrected chi connectivity index (χ1v) is 5.61. The number of ether oxygens (including phenoxy) is 2. The molecule has 0 aromatic carbocycles. The maximum Gasteiger partial charge on any atom is 0.340 e. The fraction of sp³-hybridized carbons (Fsp3) is 0.250. The van der Waals surface area contributed by atoms with Crippen molar-refractivity contribution in [2.75, 3.05) is 14.2 Å². The number of hydrogen-bond acceptors (Lipinski definition) is 6. The van der Waals surface area contributed by atoms with Crippen LogP contribution in [0.4, 0.5) is 0 Å². The SMILES string of the molecule is COC(=O)c1ccc(OC)nc1S(N)(=O)=O. The summed E-state index contributed by atoms with van der Waals surface area (Å²) in [6, 6.07) is 2.55. The van der Waals surface area contributed by atoms with E-state index >= 15 is 0 Å². The molecule has 0 bridgehead atoms. The molecular formula is C8H10N2O5S. The van der Waals surface area contributed by atoms with Crippen LogP contribution >= 0.6 is 0 Å². The van der Waals surface area contributed by atoms with Gasteiger partial charge in [0.25, 0.3) is 10.0 Å². The third-order valence-electron chi connectivity index (χ3n) is 1.72. The molecule has 1 rings (SSSR count). The molecule has 0 radical (unpaired) electrons. The Bertz CT molecular complexity index is 511. The van der Waals surface area contributed by atoms with Crippen molar-refractivity contribution >= 4 is 16.0 Å². The Balaban J connectivity index is 3.45. The lowest BCUT2D eigenvalue weighted by atomic mass is 10.3. The standard InChI is InChI=1S/C8H10N2O5S/c1-14-6-4-3-5(8(11)15-2)7(10-6)16(9,12)13/h3-4H,1-2H3,(H2,9,12,13). The number of nitrogens with zero attached hydrogens (tertiary/aromatic N) is 1. The second-order valence-electron chi connectivity index (χ2n) is 2.74. The number of methoxy groups -OCH3 is 2. The highest BCUT2D eigenvalue weighted by Crippen LogP contribution is 2.17. The van der Waals surface area contributed by atoms with Crippen molar-refractivity contribution in [1.29, 1.82) is 0 Å². The Morgan fingerprint density at radius 3 is 2.44 bits per heavy atom. The number of carbonyl (C=O) groups is 1. The van der Waals surface area contributed by atoms with E-state index in [1.54, 1.807) is 0 Å². The minimum absolute atomic E-state index is 0.0386. The lowest BCUT2D eigenvalue weighted by molar-refractivity contribution is 0.0595. The highest BCUT2D eigenvalue weighted by molar-refractivity contribution is 7.89. The van der Waals surface area contributed by atoms with Crippen molar-refractivity contribution < 1.29 is 22.7 Å². The van der Waals surface area contributed by atoms with E-state index in [0.29, 0.717) is 0 Å². The number of pyridine rings is 1. The zero-order valence-electron chi connectivity index (χ0n) is 8.63. The highest BCUT2D eigenvalue weighted by atomic mass is 32.2. The van der Waals surface area contributed by atoms with E-state index < -0.39 is 21.0 Å². The highest BCUT2D eigenvalue weighted by Gasteiger charge is 2.22. The minimum Gasteiger partial charge on any atom is -0.481 e. The summed E-state index contributed by atoms with van der Waals surface area (Å²) in [5.41, 5.74) is -0.231. The number of rotatable bonds is 3. The number of sulfonamides is 1. The molecule has 1 aromatic rings. The Kier molecular flexibility index (Phi) is 3.45. The second-order valence-corrected chi connectivity index (χ2v) is 4.22. The summed E-state index contributed by atoms with van der Waals surface area (Å²) in [6.45, 7) is 0.